The van der Waals surface area contributed by atoms with Crippen LogP contribution in [0.15, 0.2) is 79.0 Å². The van der Waals surface area contributed by atoms with Crippen LogP contribution in [0.25, 0.3) is 32.7 Å². The average molecular weight is 439 g/mol. The second kappa shape index (κ2) is 7.58. The predicted octanol–water partition coefficient (Wildman–Crippen LogP) is 5.05. The lowest BCUT2D eigenvalue weighted by atomic mass is 10.2. The molecule has 0 saturated carbocycles. The number of hydrogen-bond acceptors (Lipinski definition) is 6. The first-order valence-corrected chi connectivity index (χ1v) is 11.0. The van der Waals surface area contributed by atoms with Gasteiger partial charge in [-0.3, -0.25) is 4.40 Å². The molecule has 0 spiro atoms. The molecule has 8 heteroatoms. The van der Waals surface area contributed by atoms with Crippen LogP contribution >= 0.6 is 11.3 Å². The Kier molecular flexibility index (Phi) is 4.43. The number of rotatable bonds is 5. The van der Waals surface area contributed by atoms with E-state index in [1.54, 1.807) is 4.52 Å². The van der Waals surface area contributed by atoms with Crippen molar-refractivity contribution >= 4 is 21.9 Å². The van der Waals surface area contributed by atoms with E-state index in [1.807, 2.05) is 78.2 Å². The monoisotopic (exact) mass is 438 g/mol. The second-order valence-electron chi connectivity index (χ2n) is 7.40. The summed E-state index contributed by atoms with van der Waals surface area (Å²) in [6.07, 6.45) is 1.98. The molecule has 0 radical (unpaired) electrons. The van der Waals surface area contributed by atoms with Gasteiger partial charge in [0, 0.05) is 11.8 Å². The third kappa shape index (κ3) is 3.21. The highest BCUT2D eigenvalue weighted by molar-refractivity contribution is 7.19. The van der Waals surface area contributed by atoms with Crippen LogP contribution in [0.1, 0.15) is 11.3 Å². The van der Waals surface area contributed by atoms with Crippen molar-refractivity contribution in [1.29, 1.82) is 0 Å². The van der Waals surface area contributed by atoms with Crippen LogP contribution in [-0.4, -0.2) is 29.2 Å². The van der Waals surface area contributed by atoms with Gasteiger partial charge >= 0.3 is 0 Å². The number of aromatic nitrogens is 6. The van der Waals surface area contributed by atoms with Gasteiger partial charge in [0.2, 0.25) is 10.8 Å². The summed E-state index contributed by atoms with van der Waals surface area (Å²) in [5, 5.41) is 14.4. The molecule has 0 aliphatic heterocycles. The molecule has 0 aliphatic rings. The number of hydrogen-bond donors (Lipinski definition) is 0. The fourth-order valence-corrected chi connectivity index (χ4v) is 4.54. The molecule has 0 unspecified atom stereocenters. The van der Waals surface area contributed by atoms with E-state index < -0.39 is 0 Å². The van der Waals surface area contributed by atoms with E-state index in [4.69, 9.17) is 9.84 Å². The van der Waals surface area contributed by atoms with Crippen molar-refractivity contribution in [2.75, 3.05) is 0 Å². The van der Waals surface area contributed by atoms with Crippen molar-refractivity contribution in [1.82, 2.24) is 29.2 Å². The van der Waals surface area contributed by atoms with Gasteiger partial charge in [0.25, 0.3) is 0 Å². The van der Waals surface area contributed by atoms with Crippen LogP contribution in [0.3, 0.4) is 0 Å². The molecule has 4 aromatic heterocycles. The Morgan fingerprint density at radius 1 is 0.906 bits per heavy atom. The third-order valence-corrected chi connectivity index (χ3v) is 6.20. The first kappa shape index (κ1) is 18.7. The average Bonchev–Trinajstić information content (AvgIpc) is 3.51. The lowest BCUT2D eigenvalue weighted by molar-refractivity contribution is 0.306. The van der Waals surface area contributed by atoms with E-state index in [0.717, 1.165) is 43.9 Å². The summed E-state index contributed by atoms with van der Waals surface area (Å²) in [4.78, 5) is 5.37. The van der Waals surface area contributed by atoms with Crippen LogP contribution < -0.4 is 4.74 Å². The normalized spacial score (nSPS) is 11.4. The Labute approximate surface area is 187 Å². The fourth-order valence-electron chi connectivity index (χ4n) is 3.70. The number of benzene rings is 2. The standard InChI is InChI=1S/C24H18N6OS/c1-16-21(29-14-6-5-9-20(29)25-16)22-26-27-24-30(22)28-23(32-24)18-10-12-19(13-11-18)31-15-17-7-3-2-4-8-17/h2-14H,15H2,1H3. The number of pyridine rings is 1. The zero-order valence-corrected chi connectivity index (χ0v) is 18.0. The minimum Gasteiger partial charge on any atom is -0.489 e. The van der Waals surface area contributed by atoms with Crippen LogP contribution in [0.4, 0.5) is 0 Å². The Morgan fingerprint density at radius 3 is 2.56 bits per heavy atom. The molecule has 0 bridgehead atoms. The Balaban J connectivity index is 1.30. The van der Waals surface area contributed by atoms with E-state index in [0.29, 0.717) is 12.4 Å². The molecule has 7 nitrogen and oxygen atoms in total. The number of fused-ring (bicyclic) bond motifs is 2. The SMILES string of the molecule is Cc1nc2ccccn2c1-c1nnc2sc(-c3ccc(OCc4ccccc4)cc3)nn12. The van der Waals surface area contributed by atoms with Gasteiger partial charge in [-0.1, -0.05) is 47.7 Å². The first-order valence-electron chi connectivity index (χ1n) is 10.2. The minimum atomic E-state index is 0.541. The maximum atomic E-state index is 5.89. The highest BCUT2D eigenvalue weighted by atomic mass is 32.1. The van der Waals surface area contributed by atoms with Gasteiger partial charge in [0.05, 0.1) is 5.69 Å². The van der Waals surface area contributed by atoms with Crippen molar-refractivity contribution < 1.29 is 4.74 Å². The van der Waals surface area contributed by atoms with E-state index in [-0.39, 0.29) is 0 Å². The summed E-state index contributed by atoms with van der Waals surface area (Å²) < 4.78 is 9.71. The molecule has 0 aliphatic carbocycles. The Morgan fingerprint density at radius 2 is 1.72 bits per heavy atom. The lowest BCUT2D eigenvalue weighted by Gasteiger charge is -2.06. The third-order valence-electron chi connectivity index (χ3n) is 5.26. The number of aryl methyl sites for hydroxylation is 1. The van der Waals surface area contributed by atoms with Crippen LogP contribution in [0.5, 0.6) is 5.75 Å². The van der Waals surface area contributed by atoms with E-state index in [2.05, 4.69) is 27.3 Å². The van der Waals surface area contributed by atoms with Crippen molar-refractivity contribution in [3.8, 4) is 27.8 Å². The van der Waals surface area contributed by atoms with Crippen molar-refractivity contribution in [2.24, 2.45) is 0 Å². The Bertz CT molecular complexity index is 1530. The number of ether oxygens (including phenoxy) is 1. The second-order valence-corrected chi connectivity index (χ2v) is 8.35. The molecular weight excluding hydrogens is 420 g/mol. The molecule has 0 amide bonds. The quantitative estimate of drug-likeness (QED) is 0.377. The van der Waals surface area contributed by atoms with E-state index >= 15 is 0 Å². The van der Waals surface area contributed by atoms with Gasteiger partial charge in [-0.05, 0) is 48.9 Å². The zero-order chi connectivity index (χ0) is 21.5. The molecule has 0 fully saturated rings. The summed E-state index contributed by atoms with van der Waals surface area (Å²) in [6.45, 7) is 2.52. The van der Waals surface area contributed by atoms with Gasteiger partial charge in [-0.2, -0.15) is 9.61 Å². The van der Waals surface area contributed by atoms with E-state index in [1.165, 1.54) is 11.3 Å². The van der Waals surface area contributed by atoms with Crippen LogP contribution in [-0.2, 0) is 6.61 Å². The van der Waals surface area contributed by atoms with Crippen LogP contribution in [0, 0.1) is 6.92 Å². The largest absolute Gasteiger partial charge is 0.489 e. The summed E-state index contributed by atoms with van der Waals surface area (Å²) in [6, 6.07) is 24.0. The van der Waals surface area contributed by atoms with Gasteiger partial charge in [-0.15, -0.1) is 10.2 Å². The Hall–Kier alpha value is -4.04. The summed E-state index contributed by atoms with van der Waals surface area (Å²) in [5.41, 5.74) is 4.81. The summed E-state index contributed by atoms with van der Waals surface area (Å²) in [5.74, 6) is 1.50. The maximum Gasteiger partial charge on any atom is 0.235 e. The smallest absolute Gasteiger partial charge is 0.235 e. The van der Waals surface area contributed by atoms with Crippen molar-refractivity contribution in [2.45, 2.75) is 13.5 Å². The van der Waals surface area contributed by atoms with Gasteiger partial charge in [0.15, 0.2) is 0 Å². The highest BCUT2D eigenvalue weighted by Gasteiger charge is 2.20. The molecule has 6 aromatic rings. The number of nitrogens with zero attached hydrogens (tertiary/aromatic N) is 6. The molecule has 0 N–H and O–H groups in total. The van der Waals surface area contributed by atoms with Crippen molar-refractivity contribution in [3.05, 3.63) is 90.3 Å². The van der Waals surface area contributed by atoms with Gasteiger partial charge in [0.1, 0.15) is 28.7 Å². The predicted molar refractivity (Wildman–Crippen MR) is 124 cm³/mol. The minimum absolute atomic E-state index is 0.541. The van der Waals surface area contributed by atoms with E-state index in [9.17, 15) is 0 Å². The molecule has 2 aromatic carbocycles. The molecule has 0 saturated heterocycles. The summed E-state index contributed by atoms with van der Waals surface area (Å²) >= 11 is 1.50. The van der Waals surface area contributed by atoms with Crippen molar-refractivity contribution in [3.63, 3.8) is 0 Å². The molecule has 6 rings (SSSR count). The topological polar surface area (TPSA) is 69.6 Å². The van der Waals surface area contributed by atoms with Crippen LogP contribution in [0.2, 0.25) is 0 Å². The molecule has 32 heavy (non-hydrogen) atoms. The molecule has 0 atom stereocenters. The zero-order valence-electron chi connectivity index (χ0n) is 17.2. The number of imidazole rings is 1. The summed E-state index contributed by atoms with van der Waals surface area (Å²) in [7, 11) is 0. The molecule has 156 valence electrons. The first-order chi connectivity index (χ1) is 15.8. The molecule has 4 heterocycles. The lowest BCUT2D eigenvalue weighted by Crippen LogP contribution is -1.96. The highest BCUT2D eigenvalue weighted by Crippen LogP contribution is 2.30. The van der Waals surface area contributed by atoms with Gasteiger partial charge in [-0.25, -0.2) is 4.98 Å². The fraction of sp³-hybridized carbons (Fsp3) is 0.0833. The maximum absolute atomic E-state index is 5.89. The molecular formula is C24H18N6OS. The van der Waals surface area contributed by atoms with Gasteiger partial charge < -0.3 is 4.74 Å².